The Bertz CT molecular complexity index is 934. The summed E-state index contributed by atoms with van der Waals surface area (Å²) in [5.74, 6) is 0.765. The predicted molar refractivity (Wildman–Crippen MR) is 88.6 cm³/mol. The fourth-order valence-electron chi connectivity index (χ4n) is 3.32. The maximum absolute atomic E-state index is 13.4. The van der Waals surface area contributed by atoms with Crippen LogP contribution < -0.4 is 0 Å². The molecule has 1 aliphatic heterocycles. The molecule has 0 unspecified atom stereocenters. The molecule has 0 spiro atoms. The molecule has 1 aromatic carbocycles. The zero-order valence-corrected chi connectivity index (χ0v) is 13.9. The van der Waals surface area contributed by atoms with Crippen LogP contribution in [0.5, 0.6) is 0 Å². The standard InChI is InChI=1S/C17H18FN5O2/c1-9-19-16(22-21-9)15-7-12(25-2)8-23(15)17(24)14-6-10-5-11(18)3-4-13(10)20-14/h3-6,12,15,20H,7-8H2,1-2H3,(H,19,21,22)/t12-,15+/m1/s1. The number of methoxy groups -OCH3 is 1. The minimum Gasteiger partial charge on any atom is -0.380 e. The molecule has 1 aliphatic rings. The lowest BCUT2D eigenvalue weighted by Gasteiger charge is -2.21. The molecule has 1 amide bonds. The number of likely N-dealkylation sites (tertiary alicyclic amines) is 1. The van der Waals surface area contributed by atoms with Crippen molar-refractivity contribution in [1.82, 2.24) is 25.1 Å². The summed E-state index contributed by atoms with van der Waals surface area (Å²) in [5, 5.41) is 7.68. The number of aryl methyl sites for hydroxylation is 1. The van der Waals surface area contributed by atoms with E-state index in [1.165, 1.54) is 12.1 Å². The molecule has 1 fully saturated rings. The van der Waals surface area contributed by atoms with Gasteiger partial charge in [-0.1, -0.05) is 0 Å². The molecule has 2 atom stereocenters. The predicted octanol–water partition coefficient (Wildman–Crippen LogP) is 2.34. The van der Waals surface area contributed by atoms with E-state index in [1.54, 1.807) is 24.1 Å². The van der Waals surface area contributed by atoms with Gasteiger partial charge in [0.1, 0.15) is 17.3 Å². The van der Waals surface area contributed by atoms with E-state index >= 15 is 0 Å². The molecule has 7 nitrogen and oxygen atoms in total. The summed E-state index contributed by atoms with van der Waals surface area (Å²) in [6.45, 7) is 2.27. The topological polar surface area (TPSA) is 86.9 Å². The first-order chi connectivity index (χ1) is 12.0. The van der Waals surface area contributed by atoms with Crippen molar-refractivity contribution in [3.63, 3.8) is 0 Å². The van der Waals surface area contributed by atoms with E-state index in [9.17, 15) is 9.18 Å². The Labute approximate surface area is 143 Å². The van der Waals surface area contributed by atoms with E-state index in [0.29, 0.717) is 35.7 Å². The lowest BCUT2D eigenvalue weighted by Crippen LogP contribution is -2.32. The lowest BCUT2D eigenvalue weighted by molar-refractivity contribution is 0.0679. The van der Waals surface area contributed by atoms with Crippen LogP contribution >= 0.6 is 0 Å². The molecule has 2 N–H and O–H groups in total. The number of carbonyl (C=O) groups is 1. The van der Waals surface area contributed by atoms with Crippen LogP contribution in [0.3, 0.4) is 0 Å². The number of rotatable bonds is 3. The highest BCUT2D eigenvalue weighted by molar-refractivity contribution is 5.98. The third-order valence-electron chi connectivity index (χ3n) is 4.58. The third-order valence-corrected chi connectivity index (χ3v) is 4.58. The number of amides is 1. The minimum atomic E-state index is -0.333. The molecule has 8 heteroatoms. The van der Waals surface area contributed by atoms with Crippen LogP contribution in [-0.2, 0) is 4.74 Å². The second kappa shape index (κ2) is 5.96. The number of aromatic amines is 2. The van der Waals surface area contributed by atoms with Crippen molar-refractivity contribution in [2.75, 3.05) is 13.7 Å². The number of ether oxygens (including phenoxy) is 1. The summed E-state index contributed by atoms with van der Waals surface area (Å²) < 4.78 is 18.8. The molecule has 0 radical (unpaired) electrons. The maximum Gasteiger partial charge on any atom is 0.271 e. The number of nitrogens with zero attached hydrogens (tertiary/aromatic N) is 3. The molecule has 1 saturated heterocycles. The Kier molecular flexibility index (Phi) is 3.76. The van der Waals surface area contributed by atoms with Crippen LogP contribution in [0.15, 0.2) is 24.3 Å². The van der Waals surface area contributed by atoms with E-state index in [2.05, 4.69) is 20.2 Å². The van der Waals surface area contributed by atoms with E-state index in [1.807, 2.05) is 6.92 Å². The van der Waals surface area contributed by atoms with Crippen molar-refractivity contribution in [3.05, 3.63) is 47.4 Å². The van der Waals surface area contributed by atoms with Gasteiger partial charge in [-0.05, 0) is 31.2 Å². The summed E-state index contributed by atoms with van der Waals surface area (Å²) >= 11 is 0. The molecule has 0 aliphatic carbocycles. The second-order valence-corrected chi connectivity index (χ2v) is 6.26. The highest BCUT2D eigenvalue weighted by Crippen LogP contribution is 2.33. The molecule has 3 aromatic rings. The van der Waals surface area contributed by atoms with Crippen molar-refractivity contribution in [1.29, 1.82) is 0 Å². The fraction of sp³-hybridized carbons (Fsp3) is 0.353. The van der Waals surface area contributed by atoms with Crippen LogP contribution in [-0.4, -0.2) is 50.7 Å². The fourth-order valence-corrected chi connectivity index (χ4v) is 3.32. The number of aromatic nitrogens is 4. The van der Waals surface area contributed by atoms with E-state index in [0.717, 1.165) is 5.52 Å². The Morgan fingerprint density at radius 2 is 2.24 bits per heavy atom. The highest BCUT2D eigenvalue weighted by atomic mass is 19.1. The molecule has 4 rings (SSSR count). The number of carbonyl (C=O) groups excluding carboxylic acids is 1. The van der Waals surface area contributed by atoms with Crippen LogP contribution in [0, 0.1) is 12.7 Å². The third kappa shape index (κ3) is 2.78. The number of nitrogens with one attached hydrogen (secondary N) is 2. The maximum atomic E-state index is 13.4. The number of hydrogen-bond donors (Lipinski definition) is 2. The smallest absolute Gasteiger partial charge is 0.271 e. The monoisotopic (exact) mass is 343 g/mol. The van der Waals surface area contributed by atoms with Crippen LogP contribution in [0.2, 0.25) is 0 Å². The number of fused-ring (bicyclic) bond motifs is 1. The van der Waals surface area contributed by atoms with Gasteiger partial charge in [-0.2, -0.15) is 5.10 Å². The molecule has 130 valence electrons. The van der Waals surface area contributed by atoms with Gasteiger partial charge < -0.3 is 14.6 Å². The first-order valence-electron chi connectivity index (χ1n) is 8.06. The largest absolute Gasteiger partial charge is 0.380 e. The van der Waals surface area contributed by atoms with Gasteiger partial charge in [0.25, 0.3) is 5.91 Å². The van der Waals surface area contributed by atoms with Crippen LogP contribution in [0.4, 0.5) is 4.39 Å². The van der Waals surface area contributed by atoms with Crippen molar-refractivity contribution in [3.8, 4) is 0 Å². The average Bonchev–Trinajstić information content (AvgIpc) is 3.30. The van der Waals surface area contributed by atoms with Gasteiger partial charge in [0.05, 0.1) is 12.1 Å². The molecule has 3 heterocycles. The van der Waals surface area contributed by atoms with E-state index < -0.39 is 0 Å². The van der Waals surface area contributed by atoms with Gasteiger partial charge in [0.15, 0.2) is 5.82 Å². The molecular weight excluding hydrogens is 325 g/mol. The summed E-state index contributed by atoms with van der Waals surface area (Å²) in [6.07, 6.45) is 0.559. The molecule has 0 saturated carbocycles. The zero-order chi connectivity index (χ0) is 17.6. The van der Waals surface area contributed by atoms with Gasteiger partial charge >= 0.3 is 0 Å². The summed E-state index contributed by atoms with van der Waals surface area (Å²) in [6, 6.07) is 5.80. The Hall–Kier alpha value is -2.74. The Morgan fingerprint density at radius 3 is 2.96 bits per heavy atom. The van der Waals surface area contributed by atoms with Crippen LogP contribution in [0.1, 0.15) is 34.6 Å². The number of hydrogen-bond acceptors (Lipinski definition) is 4. The normalized spacial score (nSPS) is 20.5. The first kappa shape index (κ1) is 15.8. The van der Waals surface area contributed by atoms with Gasteiger partial charge in [-0.25, -0.2) is 9.37 Å². The number of benzene rings is 1. The molecule has 2 aromatic heterocycles. The quantitative estimate of drug-likeness (QED) is 0.764. The van der Waals surface area contributed by atoms with Gasteiger partial charge in [0.2, 0.25) is 0 Å². The number of H-pyrrole nitrogens is 2. The molecule has 25 heavy (non-hydrogen) atoms. The molecular formula is C17H18FN5O2. The zero-order valence-electron chi connectivity index (χ0n) is 13.9. The van der Waals surface area contributed by atoms with Crippen molar-refractivity contribution in [2.24, 2.45) is 0 Å². The van der Waals surface area contributed by atoms with Crippen molar-refractivity contribution >= 4 is 16.8 Å². The van der Waals surface area contributed by atoms with E-state index in [4.69, 9.17) is 4.74 Å². The van der Waals surface area contributed by atoms with Gasteiger partial charge in [-0.15, -0.1) is 0 Å². The highest BCUT2D eigenvalue weighted by Gasteiger charge is 2.39. The SMILES string of the molecule is CO[C@@H]1C[C@@H](c2n[nH]c(C)n2)N(C(=O)c2cc3cc(F)ccc3[nH]2)C1. The lowest BCUT2D eigenvalue weighted by atomic mass is 10.2. The summed E-state index contributed by atoms with van der Waals surface area (Å²) in [5.41, 5.74) is 1.13. The summed E-state index contributed by atoms with van der Waals surface area (Å²) in [4.78, 5) is 22.2. The Morgan fingerprint density at radius 1 is 1.40 bits per heavy atom. The van der Waals surface area contributed by atoms with E-state index in [-0.39, 0.29) is 23.9 Å². The van der Waals surface area contributed by atoms with Crippen molar-refractivity contribution in [2.45, 2.75) is 25.5 Å². The Balaban J connectivity index is 1.68. The van der Waals surface area contributed by atoms with Crippen LogP contribution in [0.25, 0.3) is 10.9 Å². The molecule has 0 bridgehead atoms. The van der Waals surface area contributed by atoms with Gasteiger partial charge in [0, 0.05) is 31.0 Å². The average molecular weight is 343 g/mol. The van der Waals surface area contributed by atoms with Gasteiger partial charge in [-0.3, -0.25) is 9.89 Å². The minimum absolute atomic E-state index is 0.0745. The second-order valence-electron chi connectivity index (χ2n) is 6.26. The number of halogens is 1. The van der Waals surface area contributed by atoms with Crippen molar-refractivity contribution < 1.29 is 13.9 Å². The summed E-state index contributed by atoms with van der Waals surface area (Å²) in [7, 11) is 1.63. The first-order valence-corrected chi connectivity index (χ1v) is 8.06.